The summed E-state index contributed by atoms with van der Waals surface area (Å²) in [7, 11) is 1.43. The summed E-state index contributed by atoms with van der Waals surface area (Å²) in [5.74, 6) is -1.82. The van der Waals surface area contributed by atoms with Crippen LogP contribution >= 0.6 is 0 Å². The van der Waals surface area contributed by atoms with Crippen molar-refractivity contribution >= 4 is 57.8 Å². The third-order valence-electron chi connectivity index (χ3n) is 9.27. The van der Waals surface area contributed by atoms with E-state index < -0.39 is 70.0 Å². The van der Waals surface area contributed by atoms with E-state index >= 15 is 0 Å². The van der Waals surface area contributed by atoms with Gasteiger partial charge in [-0.2, -0.15) is 0 Å². The number of nitrogens with zero attached hydrogens (tertiary/aromatic N) is 3. The Balaban J connectivity index is 1.78. The first kappa shape index (κ1) is 45.8. The number of nitrogens with one attached hydrogen (secondary N) is 3. The molecule has 0 aliphatic carbocycles. The van der Waals surface area contributed by atoms with Gasteiger partial charge in [0, 0.05) is 50.0 Å². The van der Waals surface area contributed by atoms with Crippen LogP contribution in [0.15, 0.2) is 60.9 Å². The molecule has 0 saturated heterocycles. The van der Waals surface area contributed by atoms with E-state index in [0.29, 0.717) is 32.9 Å². The fraction of sp³-hybridized carbons (Fsp3) is 0.500. The van der Waals surface area contributed by atoms with Crippen molar-refractivity contribution < 1.29 is 43.0 Å². The first-order valence-electron chi connectivity index (χ1n) is 19.5. The summed E-state index contributed by atoms with van der Waals surface area (Å²) in [4.78, 5) is 82.7. The summed E-state index contributed by atoms with van der Waals surface area (Å²) in [5, 5.41) is 10.0. The molecule has 2 aromatic heterocycles. The average Bonchev–Trinajstić information content (AvgIpc) is 3.63. The summed E-state index contributed by atoms with van der Waals surface area (Å²) in [5.41, 5.74) is -3.15. The molecule has 0 spiro atoms. The van der Waals surface area contributed by atoms with Crippen molar-refractivity contribution in [3.63, 3.8) is 0 Å². The fourth-order valence-electron chi connectivity index (χ4n) is 6.45. The molecular weight excluding hydrogens is 757 g/mol. The molecule has 3 N–H and O–H groups in total. The highest BCUT2D eigenvalue weighted by atomic mass is 16.6. The van der Waals surface area contributed by atoms with Gasteiger partial charge in [0.15, 0.2) is 0 Å². The van der Waals surface area contributed by atoms with Crippen LogP contribution in [0, 0.1) is 0 Å². The Hall–Kier alpha value is -5.86. The first-order chi connectivity index (χ1) is 27.0. The highest BCUT2D eigenvalue weighted by Gasteiger charge is 2.41. The number of hydrogen-bond acceptors (Lipinski definition) is 9. The van der Waals surface area contributed by atoms with Crippen LogP contribution in [0.2, 0.25) is 0 Å². The Morgan fingerprint density at radius 2 is 1.08 bits per heavy atom. The van der Waals surface area contributed by atoms with Crippen molar-refractivity contribution in [2.75, 3.05) is 7.05 Å². The normalized spacial score (nSPS) is 13.9. The van der Waals surface area contributed by atoms with Gasteiger partial charge in [0.1, 0.15) is 34.0 Å². The summed E-state index contributed by atoms with van der Waals surface area (Å²) in [6.07, 6.45) is 1.11. The zero-order valence-corrected chi connectivity index (χ0v) is 36.8. The van der Waals surface area contributed by atoms with Gasteiger partial charge >= 0.3 is 18.3 Å². The minimum absolute atomic E-state index is 0.0140. The van der Waals surface area contributed by atoms with E-state index in [0.717, 1.165) is 4.90 Å². The predicted molar refractivity (Wildman–Crippen MR) is 225 cm³/mol. The van der Waals surface area contributed by atoms with Crippen molar-refractivity contribution in [3.05, 3.63) is 72.1 Å². The lowest BCUT2D eigenvalue weighted by molar-refractivity contribution is -0.136. The topological polar surface area (TPSA) is 179 Å². The van der Waals surface area contributed by atoms with Gasteiger partial charge in [0.05, 0.1) is 11.0 Å². The number of fused-ring (bicyclic) bond motifs is 2. The van der Waals surface area contributed by atoms with E-state index in [2.05, 4.69) is 16.0 Å². The molecule has 4 rings (SSSR count). The predicted octanol–water partition coefficient (Wildman–Crippen LogP) is 7.05. The van der Waals surface area contributed by atoms with E-state index in [-0.39, 0.29) is 12.8 Å². The number of carbonyl (C=O) groups is 6. The molecule has 0 saturated carbocycles. The molecule has 0 radical (unpaired) electrons. The quantitative estimate of drug-likeness (QED) is 0.112. The maximum absolute atomic E-state index is 14.7. The van der Waals surface area contributed by atoms with Gasteiger partial charge in [-0.05, 0) is 106 Å². The van der Waals surface area contributed by atoms with Gasteiger partial charge in [0.25, 0.3) is 0 Å². The zero-order chi connectivity index (χ0) is 44.5. The Kier molecular flexibility index (Phi) is 13.0. The van der Waals surface area contributed by atoms with Crippen molar-refractivity contribution in [1.82, 2.24) is 30.0 Å². The third-order valence-corrected chi connectivity index (χ3v) is 9.27. The molecule has 0 aliphatic rings. The lowest BCUT2D eigenvalue weighted by Crippen LogP contribution is -2.65. The van der Waals surface area contributed by atoms with Crippen LogP contribution < -0.4 is 16.0 Å². The molecule has 2 aromatic carbocycles. The van der Waals surface area contributed by atoms with Crippen LogP contribution in [0.1, 0.15) is 101 Å². The molecule has 2 heterocycles. The van der Waals surface area contributed by atoms with Gasteiger partial charge < -0.3 is 30.2 Å². The molecule has 0 fully saturated rings. The molecule has 4 aromatic rings. The molecule has 0 unspecified atom stereocenters. The van der Waals surface area contributed by atoms with Gasteiger partial charge in [-0.1, -0.05) is 36.4 Å². The number of carbonyl (C=O) groups excluding carboxylic acids is 6. The van der Waals surface area contributed by atoms with E-state index in [9.17, 15) is 28.8 Å². The van der Waals surface area contributed by atoms with Gasteiger partial charge in [-0.15, -0.1) is 0 Å². The lowest BCUT2D eigenvalue weighted by Gasteiger charge is -2.37. The lowest BCUT2D eigenvalue weighted by atomic mass is 9.97. The Bertz CT molecular complexity index is 2250. The molecule has 0 bridgehead atoms. The van der Waals surface area contributed by atoms with Crippen molar-refractivity contribution in [1.29, 1.82) is 0 Å². The molecule has 15 nitrogen and oxygen atoms in total. The second kappa shape index (κ2) is 16.8. The van der Waals surface area contributed by atoms with Crippen LogP contribution in [0.5, 0.6) is 0 Å². The summed E-state index contributed by atoms with van der Waals surface area (Å²) >= 11 is 0. The van der Waals surface area contributed by atoms with Crippen LogP contribution in [-0.4, -0.2) is 91.1 Å². The maximum atomic E-state index is 14.7. The van der Waals surface area contributed by atoms with Gasteiger partial charge in [0.2, 0.25) is 17.7 Å². The number of para-hydroxylation sites is 2. The second-order valence-electron chi connectivity index (χ2n) is 18.6. The van der Waals surface area contributed by atoms with E-state index in [1.807, 2.05) is 12.1 Å². The number of aromatic nitrogens is 2. The third kappa shape index (κ3) is 11.6. The average molecular weight is 817 g/mol. The van der Waals surface area contributed by atoms with E-state index in [1.54, 1.807) is 118 Å². The maximum Gasteiger partial charge on any atom is 0.419 e. The number of amides is 4. The first-order valence-corrected chi connectivity index (χ1v) is 19.5. The zero-order valence-electron chi connectivity index (χ0n) is 36.8. The number of hydrogen-bond donors (Lipinski definition) is 3. The van der Waals surface area contributed by atoms with E-state index in [1.165, 1.54) is 37.0 Å². The minimum Gasteiger partial charge on any atom is -0.444 e. The molecular formula is C44H60N6O9. The monoisotopic (exact) mass is 816 g/mol. The molecule has 0 aliphatic heterocycles. The molecule has 15 heteroatoms. The van der Waals surface area contributed by atoms with E-state index in [4.69, 9.17) is 14.2 Å². The van der Waals surface area contributed by atoms with Crippen molar-refractivity contribution in [2.24, 2.45) is 0 Å². The number of rotatable bonds is 10. The molecule has 320 valence electrons. The molecule has 59 heavy (non-hydrogen) atoms. The van der Waals surface area contributed by atoms with Crippen LogP contribution in [-0.2, 0) is 41.4 Å². The summed E-state index contributed by atoms with van der Waals surface area (Å²) < 4.78 is 19.6. The van der Waals surface area contributed by atoms with Crippen LogP contribution in [0.3, 0.4) is 0 Å². The second-order valence-corrected chi connectivity index (χ2v) is 18.6. The largest absolute Gasteiger partial charge is 0.444 e. The number of likely N-dealkylation sites (N-methyl/N-ethyl adjacent to an activating group) is 1. The van der Waals surface area contributed by atoms with Gasteiger partial charge in [-0.25, -0.2) is 14.4 Å². The number of benzene rings is 2. The minimum atomic E-state index is -1.52. The summed E-state index contributed by atoms with van der Waals surface area (Å²) in [6.45, 7) is 21.7. The van der Waals surface area contributed by atoms with Crippen molar-refractivity contribution in [2.45, 2.75) is 137 Å². The van der Waals surface area contributed by atoms with Crippen LogP contribution in [0.4, 0.5) is 14.4 Å². The highest BCUT2D eigenvalue weighted by molar-refractivity contribution is 5.96. The Labute approximate surface area is 346 Å². The molecule has 4 amide bonds. The SMILES string of the molecule is CC(=O)N[C@@](C)(Cc1cn(C(=O)OC(C)(C)C)c2ccccc12)NC(=O)[C@@H](Cc1cn(C(=O)OC(C)(C)C)c2ccccc12)NC(=O)C(C)(C)N(C)C(=O)OC(C)(C)C. The smallest absolute Gasteiger partial charge is 0.419 e. The molecule has 2 atom stereocenters. The van der Waals surface area contributed by atoms with Crippen LogP contribution in [0.25, 0.3) is 21.8 Å². The Morgan fingerprint density at radius 3 is 1.54 bits per heavy atom. The number of ether oxygens (including phenoxy) is 3. The Morgan fingerprint density at radius 1 is 0.644 bits per heavy atom. The van der Waals surface area contributed by atoms with Crippen molar-refractivity contribution in [3.8, 4) is 0 Å². The summed E-state index contributed by atoms with van der Waals surface area (Å²) in [6, 6.07) is 13.0. The fourth-order valence-corrected chi connectivity index (χ4v) is 6.45. The standard InChI is InChI=1S/C44H60N6O9/c1-27(51)46-44(13,24-29-26-50(39(56)59-42(8,9)10)34-22-18-16-20-31(29)34)47-35(52)32(45-36(53)43(11,12)48(14)37(54)57-40(2,3)4)23-28-25-49(38(55)58-41(5,6)7)33-21-17-15-19-30(28)33/h15-22,25-26,32H,23-24H2,1-14H3,(H,45,53)(H,46,51)(H,47,52)/t32-,44-/m1/s1. The van der Waals surface area contributed by atoms with Gasteiger partial charge in [-0.3, -0.25) is 28.4 Å². The highest BCUT2D eigenvalue weighted by Crippen LogP contribution is 2.28.